The molecule has 0 radical (unpaired) electrons. The van der Waals surface area contributed by atoms with Gasteiger partial charge >= 0.3 is 0 Å². The van der Waals surface area contributed by atoms with Crippen molar-refractivity contribution >= 4 is 5.91 Å². The van der Waals surface area contributed by atoms with Crippen LogP contribution in [0.1, 0.15) is 40.0 Å². The molecule has 0 heterocycles. The number of carbonyl (C=O) groups excluding carboxylic acids is 1. The average molecular weight is 198 g/mol. The lowest BCUT2D eigenvalue weighted by Crippen LogP contribution is -2.44. The van der Waals surface area contributed by atoms with Gasteiger partial charge in [0.05, 0.1) is 6.04 Å². The van der Waals surface area contributed by atoms with Crippen LogP contribution in [0, 0.1) is 5.92 Å². The van der Waals surface area contributed by atoms with Crippen LogP contribution in [0.15, 0.2) is 0 Å². The monoisotopic (exact) mass is 198 g/mol. The molecule has 14 heavy (non-hydrogen) atoms. The van der Waals surface area contributed by atoms with Crippen LogP contribution in [0.2, 0.25) is 0 Å². The molecule has 1 atom stereocenters. The zero-order chi connectivity index (χ0) is 10.7. The van der Waals surface area contributed by atoms with E-state index in [0.29, 0.717) is 12.0 Å². The SMILES string of the molecule is CC(C)CCN(C(=O)C(C)N)C1CC1. The fourth-order valence-electron chi connectivity index (χ4n) is 1.52. The Morgan fingerprint density at radius 3 is 2.36 bits per heavy atom. The van der Waals surface area contributed by atoms with E-state index in [1.54, 1.807) is 6.92 Å². The Kier molecular flexibility index (Phi) is 3.93. The summed E-state index contributed by atoms with van der Waals surface area (Å²) < 4.78 is 0. The van der Waals surface area contributed by atoms with E-state index in [9.17, 15) is 4.79 Å². The van der Waals surface area contributed by atoms with Gasteiger partial charge in [0.15, 0.2) is 0 Å². The molecule has 0 spiro atoms. The third-order valence-corrected chi connectivity index (χ3v) is 2.61. The van der Waals surface area contributed by atoms with Crippen molar-refractivity contribution in [1.82, 2.24) is 4.90 Å². The molecule has 82 valence electrons. The lowest BCUT2D eigenvalue weighted by atomic mass is 10.1. The fraction of sp³-hybridized carbons (Fsp3) is 0.909. The van der Waals surface area contributed by atoms with Gasteiger partial charge in [0, 0.05) is 12.6 Å². The van der Waals surface area contributed by atoms with Crippen molar-refractivity contribution in [2.45, 2.75) is 52.1 Å². The minimum Gasteiger partial charge on any atom is -0.338 e. The van der Waals surface area contributed by atoms with Gasteiger partial charge < -0.3 is 10.6 Å². The van der Waals surface area contributed by atoms with Crippen molar-refractivity contribution < 1.29 is 4.79 Å². The van der Waals surface area contributed by atoms with Crippen molar-refractivity contribution in [3.8, 4) is 0 Å². The molecule has 0 bridgehead atoms. The Hall–Kier alpha value is -0.570. The first-order chi connectivity index (χ1) is 6.52. The van der Waals surface area contributed by atoms with Gasteiger partial charge in [-0.05, 0) is 32.1 Å². The van der Waals surface area contributed by atoms with Crippen LogP contribution in [-0.4, -0.2) is 29.4 Å². The predicted molar refractivity (Wildman–Crippen MR) is 57.8 cm³/mol. The zero-order valence-electron chi connectivity index (χ0n) is 9.49. The Balaban J connectivity index is 2.42. The topological polar surface area (TPSA) is 46.3 Å². The molecule has 0 aliphatic heterocycles. The molecule has 1 aliphatic carbocycles. The molecule has 1 amide bonds. The maximum Gasteiger partial charge on any atom is 0.239 e. The molecule has 0 saturated heterocycles. The van der Waals surface area contributed by atoms with Gasteiger partial charge in [0.2, 0.25) is 5.91 Å². The second-order valence-electron chi connectivity index (χ2n) is 4.73. The Labute approximate surface area is 86.6 Å². The molecule has 1 aliphatic rings. The largest absolute Gasteiger partial charge is 0.338 e. The molecule has 0 aromatic heterocycles. The summed E-state index contributed by atoms with van der Waals surface area (Å²) >= 11 is 0. The van der Waals surface area contributed by atoms with Crippen molar-refractivity contribution in [2.24, 2.45) is 11.7 Å². The number of nitrogens with zero attached hydrogens (tertiary/aromatic N) is 1. The Morgan fingerprint density at radius 2 is 2.00 bits per heavy atom. The third kappa shape index (κ3) is 3.29. The van der Waals surface area contributed by atoms with Gasteiger partial charge in [-0.25, -0.2) is 0 Å². The summed E-state index contributed by atoms with van der Waals surface area (Å²) in [6, 6.07) is 0.148. The van der Waals surface area contributed by atoms with Crippen LogP contribution >= 0.6 is 0 Å². The third-order valence-electron chi connectivity index (χ3n) is 2.61. The van der Waals surface area contributed by atoms with Gasteiger partial charge in [0.25, 0.3) is 0 Å². The Bertz CT molecular complexity index is 197. The summed E-state index contributed by atoms with van der Waals surface area (Å²) in [6.45, 7) is 7.01. The molecule has 1 fully saturated rings. The van der Waals surface area contributed by atoms with Gasteiger partial charge in [-0.15, -0.1) is 0 Å². The molecule has 0 aromatic carbocycles. The predicted octanol–water partition coefficient (Wildman–Crippen LogP) is 1.37. The normalized spacial score (nSPS) is 18.4. The first-order valence-electron chi connectivity index (χ1n) is 5.58. The highest BCUT2D eigenvalue weighted by Gasteiger charge is 2.33. The molecule has 0 aromatic rings. The van der Waals surface area contributed by atoms with Crippen molar-refractivity contribution in [2.75, 3.05) is 6.54 Å². The molecular formula is C11H22N2O. The summed E-state index contributed by atoms with van der Waals surface area (Å²) in [4.78, 5) is 13.7. The smallest absolute Gasteiger partial charge is 0.239 e. The first-order valence-corrected chi connectivity index (χ1v) is 5.58. The van der Waals surface area contributed by atoms with E-state index in [4.69, 9.17) is 5.73 Å². The molecule has 1 rings (SSSR count). The van der Waals surface area contributed by atoms with E-state index in [2.05, 4.69) is 13.8 Å². The maximum absolute atomic E-state index is 11.7. The maximum atomic E-state index is 11.7. The van der Waals surface area contributed by atoms with E-state index in [1.165, 1.54) is 0 Å². The molecule has 3 heteroatoms. The lowest BCUT2D eigenvalue weighted by molar-refractivity contribution is -0.132. The molecule has 1 unspecified atom stereocenters. The second kappa shape index (κ2) is 4.78. The molecule has 3 nitrogen and oxygen atoms in total. The Morgan fingerprint density at radius 1 is 1.43 bits per heavy atom. The highest BCUT2D eigenvalue weighted by atomic mass is 16.2. The summed E-state index contributed by atoms with van der Waals surface area (Å²) in [6.07, 6.45) is 3.40. The molecule has 1 saturated carbocycles. The number of nitrogens with two attached hydrogens (primary N) is 1. The summed E-state index contributed by atoms with van der Waals surface area (Å²) in [5.74, 6) is 0.769. The summed E-state index contributed by atoms with van der Waals surface area (Å²) in [5.41, 5.74) is 5.62. The van der Waals surface area contributed by atoms with E-state index >= 15 is 0 Å². The van der Waals surface area contributed by atoms with Crippen LogP contribution in [-0.2, 0) is 4.79 Å². The molecule has 2 N–H and O–H groups in total. The zero-order valence-corrected chi connectivity index (χ0v) is 9.49. The van der Waals surface area contributed by atoms with Crippen LogP contribution in [0.5, 0.6) is 0 Å². The van der Waals surface area contributed by atoms with Crippen LogP contribution in [0.4, 0.5) is 0 Å². The standard InChI is InChI=1S/C11H22N2O/c1-8(2)6-7-13(10-4-5-10)11(14)9(3)12/h8-10H,4-7,12H2,1-3H3. The van der Waals surface area contributed by atoms with Gasteiger partial charge in [-0.3, -0.25) is 4.79 Å². The lowest BCUT2D eigenvalue weighted by Gasteiger charge is -2.25. The van der Waals surface area contributed by atoms with Crippen molar-refractivity contribution in [3.63, 3.8) is 0 Å². The summed E-state index contributed by atoms with van der Waals surface area (Å²) in [5, 5.41) is 0. The first kappa shape index (κ1) is 11.5. The van der Waals surface area contributed by atoms with Crippen molar-refractivity contribution in [1.29, 1.82) is 0 Å². The van der Waals surface area contributed by atoms with E-state index in [-0.39, 0.29) is 11.9 Å². The van der Waals surface area contributed by atoms with Gasteiger partial charge in [0.1, 0.15) is 0 Å². The second-order valence-corrected chi connectivity index (χ2v) is 4.73. The number of amides is 1. The average Bonchev–Trinajstić information content (AvgIpc) is 2.87. The highest BCUT2D eigenvalue weighted by Crippen LogP contribution is 2.27. The van der Waals surface area contributed by atoms with E-state index in [1.807, 2.05) is 4.90 Å². The highest BCUT2D eigenvalue weighted by molar-refractivity contribution is 5.81. The van der Waals surface area contributed by atoms with E-state index < -0.39 is 0 Å². The van der Waals surface area contributed by atoms with Gasteiger partial charge in [-0.2, -0.15) is 0 Å². The number of hydrogen-bond acceptors (Lipinski definition) is 2. The van der Waals surface area contributed by atoms with Gasteiger partial charge in [-0.1, -0.05) is 13.8 Å². The quantitative estimate of drug-likeness (QED) is 0.725. The van der Waals surface area contributed by atoms with Crippen molar-refractivity contribution in [3.05, 3.63) is 0 Å². The minimum atomic E-state index is -0.345. The molecular weight excluding hydrogens is 176 g/mol. The van der Waals surface area contributed by atoms with E-state index in [0.717, 1.165) is 25.8 Å². The fourth-order valence-corrected chi connectivity index (χ4v) is 1.52. The minimum absolute atomic E-state index is 0.119. The van der Waals surface area contributed by atoms with Crippen LogP contribution in [0.25, 0.3) is 0 Å². The number of rotatable bonds is 5. The van der Waals surface area contributed by atoms with Crippen LogP contribution in [0.3, 0.4) is 0 Å². The number of hydrogen-bond donors (Lipinski definition) is 1. The number of carbonyl (C=O) groups is 1. The summed E-state index contributed by atoms with van der Waals surface area (Å²) in [7, 11) is 0. The van der Waals surface area contributed by atoms with Crippen LogP contribution < -0.4 is 5.73 Å².